The number of nitrogens with two attached hydrogens (primary N) is 1. The first-order valence-corrected chi connectivity index (χ1v) is 3.76. The van der Waals surface area contributed by atoms with E-state index in [0.717, 1.165) is 6.92 Å². The van der Waals surface area contributed by atoms with E-state index in [0.29, 0.717) is 0 Å². The number of aliphatic hydroxyl groups is 1. The highest BCUT2D eigenvalue weighted by atomic mass is 16.4. The number of hydrogen-bond acceptors (Lipinski definition) is 4. The molecule has 0 heterocycles. The average molecular weight is 190 g/mol. The highest BCUT2D eigenvalue weighted by Gasteiger charge is 2.30. The van der Waals surface area contributed by atoms with Gasteiger partial charge in [-0.25, -0.2) is 4.79 Å². The van der Waals surface area contributed by atoms with Crippen LogP contribution in [0.2, 0.25) is 0 Å². The maximum atomic E-state index is 10.9. The van der Waals surface area contributed by atoms with E-state index < -0.39 is 23.5 Å². The van der Waals surface area contributed by atoms with Crippen LogP contribution in [0.3, 0.4) is 0 Å². The van der Waals surface area contributed by atoms with E-state index >= 15 is 0 Å². The molecule has 0 rings (SSSR count). The van der Waals surface area contributed by atoms with Crippen LogP contribution in [0.5, 0.6) is 0 Å². The van der Waals surface area contributed by atoms with Gasteiger partial charge in [0.05, 0.1) is 12.6 Å². The second kappa shape index (κ2) is 4.20. The van der Waals surface area contributed by atoms with Gasteiger partial charge in [0, 0.05) is 0 Å². The Morgan fingerprint density at radius 1 is 1.62 bits per heavy atom. The van der Waals surface area contributed by atoms with E-state index in [2.05, 4.69) is 5.32 Å². The van der Waals surface area contributed by atoms with Gasteiger partial charge < -0.3 is 21.3 Å². The summed E-state index contributed by atoms with van der Waals surface area (Å²) < 4.78 is 0. The van der Waals surface area contributed by atoms with Gasteiger partial charge in [-0.15, -0.1) is 0 Å². The first kappa shape index (κ1) is 11.9. The zero-order chi connectivity index (χ0) is 10.6. The molecule has 0 aliphatic rings. The molecule has 0 bridgehead atoms. The Labute approximate surface area is 75.7 Å². The highest BCUT2D eigenvalue weighted by molar-refractivity contribution is 5.83. The molecule has 0 radical (unpaired) electrons. The number of carboxylic acid groups (broad SMARTS) is 1. The summed E-state index contributed by atoms with van der Waals surface area (Å²) in [7, 11) is 0. The van der Waals surface area contributed by atoms with Crippen molar-refractivity contribution in [2.24, 2.45) is 5.73 Å². The Kier molecular flexibility index (Phi) is 3.83. The molecule has 0 spiro atoms. The van der Waals surface area contributed by atoms with E-state index in [4.69, 9.17) is 15.9 Å². The third-order valence-electron chi connectivity index (χ3n) is 1.48. The number of nitrogens with one attached hydrogen (secondary N) is 1. The van der Waals surface area contributed by atoms with Crippen LogP contribution in [0.25, 0.3) is 0 Å². The molecule has 5 N–H and O–H groups in total. The van der Waals surface area contributed by atoms with Crippen LogP contribution in [0.4, 0.5) is 0 Å². The third kappa shape index (κ3) is 3.86. The Morgan fingerprint density at radius 3 is 2.38 bits per heavy atom. The van der Waals surface area contributed by atoms with Crippen molar-refractivity contribution >= 4 is 11.9 Å². The van der Waals surface area contributed by atoms with E-state index in [1.54, 1.807) is 0 Å². The van der Waals surface area contributed by atoms with Gasteiger partial charge in [0.2, 0.25) is 5.91 Å². The Hall–Kier alpha value is -1.14. The minimum absolute atomic E-state index is 0.358. The largest absolute Gasteiger partial charge is 0.479 e. The van der Waals surface area contributed by atoms with Gasteiger partial charge in [-0.1, -0.05) is 0 Å². The monoisotopic (exact) mass is 190 g/mol. The van der Waals surface area contributed by atoms with Gasteiger partial charge in [-0.3, -0.25) is 4.79 Å². The summed E-state index contributed by atoms with van der Waals surface area (Å²) in [5.74, 6) is -1.89. The van der Waals surface area contributed by atoms with E-state index in [1.165, 1.54) is 6.92 Å². The molecule has 0 aromatic carbocycles. The lowest BCUT2D eigenvalue weighted by Gasteiger charge is -2.18. The van der Waals surface area contributed by atoms with Crippen LogP contribution in [0.15, 0.2) is 0 Å². The lowest BCUT2D eigenvalue weighted by atomic mass is 10.1. The second-order valence-electron chi connectivity index (χ2n) is 3.09. The van der Waals surface area contributed by atoms with Crippen molar-refractivity contribution in [3.63, 3.8) is 0 Å². The van der Waals surface area contributed by atoms with Gasteiger partial charge in [0.1, 0.15) is 0 Å². The molecule has 0 saturated carbocycles. The molecule has 1 amide bonds. The number of carbonyl (C=O) groups excluding carboxylic acids is 1. The van der Waals surface area contributed by atoms with Crippen LogP contribution in [0.1, 0.15) is 13.8 Å². The summed E-state index contributed by atoms with van der Waals surface area (Å²) in [6, 6.07) is -0.718. The first-order valence-electron chi connectivity index (χ1n) is 3.76. The fourth-order valence-corrected chi connectivity index (χ4v) is 0.496. The van der Waals surface area contributed by atoms with Crippen LogP contribution in [-0.2, 0) is 9.59 Å². The smallest absolute Gasteiger partial charge is 0.337 e. The number of hydrogen-bond donors (Lipinski definition) is 4. The number of carbonyl (C=O) groups is 2. The summed E-state index contributed by atoms with van der Waals surface area (Å²) in [6.07, 6.45) is 0. The minimum Gasteiger partial charge on any atom is -0.479 e. The molecule has 0 aliphatic heterocycles. The van der Waals surface area contributed by atoms with E-state index in [1.807, 2.05) is 0 Å². The molecular weight excluding hydrogens is 176 g/mol. The Bertz CT molecular complexity index is 213. The molecule has 0 aliphatic carbocycles. The number of aliphatic carboxylic acids is 1. The van der Waals surface area contributed by atoms with Crippen molar-refractivity contribution in [1.29, 1.82) is 0 Å². The van der Waals surface area contributed by atoms with Crippen LogP contribution < -0.4 is 11.1 Å². The van der Waals surface area contributed by atoms with Crippen molar-refractivity contribution < 1.29 is 19.8 Å². The molecule has 0 saturated heterocycles. The standard InChI is InChI=1S/C7H14N2O4/c1-4(8)5(10)9-3-7(2,13)6(11)12/h4,13H,3,8H2,1-2H3,(H,9,10)(H,11,12)/t4-,7?/m1/s1. The summed E-state index contributed by atoms with van der Waals surface area (Å²) in [6.45, 7) is 2.20. The van der Waals surface area contributed by atoms with Gasteiger partial charge >= 0.3 is 5.97 Å². The molecule has 2 atom stereocenters. The van der Waals surface area contributed by atoms with Crippen molar-refractivity contribution in [3.05, 3.63) is 0 Å². The molecule has 0 fully saturated rings. The number of rotatable bonds is 4. The minimum atomic E-state index is -1.95. The fourth-order valence-electron chi connectivity index (χ4n) is 0.496. The molecule has 76 valence electrons. The zero-order valence-corrected chi connectivity index (χ0v) is 7.57. The van der Waals surface area contributed by atoms with Crippen LogP contribution >= 0.6 is 0 Å². The van der Waals surface area contributed by atoms with Crippen molar-refractivity contribution in [1.82, 2.24) is 5.32 Å². The second-order valence-corrected chi connectivity index (χ2v) is 3.09. The van der Waals surface area contributed by atoms with Gasteiger partial charge in [-0.05, 0) is 13.8 Å². The molecule has 1 unspecified atom stereocenters. The van der Waals surface area contributed by atoms with Gasteiger partial charge in [-0.2, -0.15) is 0 Å². The number of amides is 1. The van der Waals surface area contributed by atoms with E-state index in [-0.39, 0.29) is 6.54 Å². The van der Waals surface area contributed by atoms with Gasteiger partial charge in [0.15, 0.2) is 5.60 Å². The molecule has 0 aromatic rings. The van der Waals surface area contributed by atoms with Crippen molar-refractivity contribution in [2.75, 3.05) is 6.54 Å². The Morgan fingerprint density at radius 2 is 2.08 bits per heavy atom. The maximum absolute atomic E-state index is 10.9. The van der Waals surface area contributed by atoms with Crippen LogP contribution in [-0.4, -0.2) is 40.3 Å². The molecule has 6 nitrogen and oxygen atoms in total. The van der Waals surface area contributed by atoms with Gasteiger partial charge in [0.25, 0.3) is 0 Å². The van der Waals surface area contributed by atoms with Crippen molar-refractivity contribution in [2.45, 2.75) is 25.5 Å². The topological polar surface area (TPSA) is 113 Å². The lowest BCUT2D eigenvalue weighted by molar-refractivity contribution is -0.156. The lowest BCUT2D eigenvalue weighted by Crippen LogP contribution is -2.49. The van der Waals surface area contributed by atoms with Crippen molar-refractivity contribution in [3.8, 4) is 0 Å². The third-order valence-corrected chi connectivity index (χ3v) is 1.48. The van der Waals surface area contributed by atoms with E-state index in [9.17, 15) is 9.59 Å². The molecule has 0 aromatic heterocycles. The SMILES string of the molecule is C[C@@H](N)C(=O)NCC(C)(O)C(=O)O. The highest BCUT2D eigenvalue weighted by Crippen LogP contribution is 2.00. The molecule has 13 heavy (non-hydrogen) atoms. The predicted molar refractivity (Wildman–Crippen MR) is 44.9 cm³/mol. The summed E-state index contributed by atoms with van der Waals surface area (Å²) in [5, 5.41) is 19.8. The average Bonchev–Trinajstić information content (AvgIpc) is 1.99. The van der Waals surface area contributed by atoms with Crippen LogP contribution in [0, 0.1) is 0 Å². The Balaban J connectivity index is 4.03. The zero-order valence-electron chi connectivity index (χ0n) is 7.57. The quantitative estimate of drug-likeness (QED) is 0.421. The maximum Gasteiger partial charge on any atom is 0.337 e. The summed E-state index contributed by atoms with van der Waals surface area (Å²) in [4.78, 5) is 21.2. The first-order chi connectivity index (χ1) is 5.77. The molecular formula is C7H14N2O4. The predicted octanol–water partition coefficient (Wildman–Crippen LogP) is -1.71. The number of carboxylic acids is 1. The summed E-state index contributed by atoms with van der Waals surface area (Å²) in [5.41, 5.74) is 3.25. The normalized spacial score (nSPS) is 17.2. The molecule has 6 heteroatoms. The summed E-state index contributed by atoms with van der Waals surface area (Å²) >= 11 is 0. The fraction of sp³-hybridized carbons (Fsp3) is 0.714.